The molecule has 1 aliphatic carbocycles. The molecule has 82 valence electrons. The van der Waals surface area contributed by atoms with Gasteiger partial charge in [-0.1, -0.05) is 24.2 Å². The zero-order valence-electron chi connectivity index (χ0n) is 8.51. The van der Waals surface area contributed by atoms with Gasteiger partial charge in [-0.2, -0.15) is 0 Å². The summed E-state index contributed by atoms with van der Waals surface area (Å²) in [5.74, 6) is 1.20. The highest BCUT2D eigenvalue weighted by molar-refractivity contribution is 5.84. The molecule has 0 saturated heterocycles. The lowest BCUT2D eigenvalue weighted by atomic mass is 10.2. The molecule has 0 unspecified atom stereocenters. The molecule has 6 N–H and O–H groups in total. The first-order valence-electron chi connectivity index (χ1n) is 4.47. The van der Waals surface area contributed by atoms with Gasteiger partial charge in [0, 0.05) is 11.8 Å². The molecule has 0 aliphatic heterocycles. The average Bonchev–Trinajstić information content (AvgIpc) is 2.99. The number of oxime groups is 2. The molecule has 0 amide bonds. The number of nitrogens with zero attached hydrogens (tertiary/aromatic N) is 2. The molecular weight excluding hydrogens is 184 g/mol. The monoisotopic (exact) mass is 202 g/mol. The Morgan fingerprint density at radius 3 is 1.79 bits per heavy atom. The minimum atomic E-state index is 0.144. The molecule has 0 aromatic rings. The first-order chi connectivity index (χ1) is 6.52. The molecule has 14 heavy (non-hydrogen) atoms. The average molecular weight is 202 g/mol. The van der Waals surface area contributed by atoms with Crippen LogP contribution in [0.4, 0.5) is 0 Å². The van der Waals surface area contributed by atoms with E-state index in [9.17, 15) is 0 Å². The van der Waals surface area contributed by atoms with Crippen LogP contribution < -0.4 is 11.5 Å². The summed E-state index contributed by atoms with van der Waals surface area (Å²) >= 11 is 0. The van der Waals surface area contributed by atoms with E-state index in [1.165, 1.54) is 0 Å². The number of nitrogens with two attached hydrogens (primary N) is 2. The minimum Gasteiger partial charge on any atom is -0.409 e. The van der Waals surface area contributed by atoms with Crippen molar-refractivity contribution in [1.29, 1.82) is 0 Å². The maximum Gasteiger partial charge on any atom is 0.142 e. The van der Waals surface area contributed by atoms with Crippen molar-refractivity contribution in [2.75, 3.05) is 0 Å². The van der Waals surface area contributed by atoms with E-state index >= 15 is 0 Å². The second-order valence-electron chi connectivity index (χ2n) is 3.48. The predicted octanol–water partition coefficient (Wildman–Crippen LogP) is 0.532. The molecule has 6 nitrogen and oxygen atoms in total. The fourth-order valence-electron chi connectivity index (χ4n) is 0.576. The molecule has 1 saturated carbocycles. The summed E-state index contributed by atoms with van der Waals surface area (Å²) in [7, 11) is 0. The van der Waals surface area contributed by atoms with Crippen LogP contribution >= 0.6 is 0 Å². The van der Waals surface area contributed by atoms with Crippen molar-refractivity contribution in [2.45, 2.75) is 26.7 Å². The second kappa shape index (κ2) is 6.06. The van der Waals surface area contributed by atoms with Crippen molar-refractivity contribution in [2.24, 2.45) is 33.6 Å². The Kier molecular flexibility index (Phi) is 5.43. The van der Waals surface area contributed by atoms with Crippen molar-refractivity contribution in [3.8, 4) is 0 Å². The molecule has 1 aliphatic rings. The molecule has 0 radical (unpaired) electrons. The first-order valence-corrected chi connectivity index (χ1v) is 4.47. The second-order valence-corrected chi connectivity index (χ2v) is 3.48. The van der Waals surface area contributed by atoms with Crippen LogP contribution in [0.5, 0.6) is 0 Å². The van der Waals surface area contributed by atoms with Gasteiger partial charge in [0.25, 0.3) is 0 Å². The van der Waals surface area contributed by atoms with Crippen LogP contribution in [0, 0.1) is 11.8 Å². The van der Waals surface area contributed by atoms with Crippen molar-refractivity contribution in [3.05, 3.63) is 0 Å². The summed E-state index contributed by atoms with van der Waals surface area (Å²) in [6.45, 7) is 3.71. The molecule has 6 heteroatoms. The maximum absolute atomic E-state index is 8.01. The van der Waals surface area contributed by atoms with Crippen molar-refractivity contribution in [1.82, 2.24) is 0 Å². The molecule has 0 bridgehead atoms. The predicted molar refractivity (Wildman–Crippen MR) is 54.4 cm³/mol. The number of amidine groups is 2. The van der Waals surface area contributed by atoms with Gasteiger partial charge >= 0.3 is 0 Å². The Bertz CT molecular complexity index is 205. The Balaban J connectivity index is 0.000000241. The van der Waals surface area contributed by atoms with Crippen LogP contribution in [0.2, 0.25) is 0 Å². The zero-order chi connectivity index (χ0) is 11.1. The summed E-state index contributed by atoms with van der Waals surface area (Å²) in [6.07, 6.45) is 2.19. The molecule has 0 aromatic carbocycles. The van der Waals surface area contributed by atoms with Gasteiger partial charge in [0.05, 0.1) is 0 Å². The number of hydrogen-bond acceptors (Lipinski definition) is 4. The number of rotatable bonds is 2. The van der Waals surface area contributed by atoms with Gasteiger partial charge in [-0.25, -0.2) is 0 Å². The molecule has 0 atom stereocenters. The number of hydrogen-bond donors (Lipinski definition) is 4. The topological polar surface area (TPSA) is 117 Å². The third kappa shape index (κ3) is 5.23. The maximum atomic E-state index is 8.01. The van der Waals surface area contributed by atoms with Crippen LogP contribution in [0.1, 0.15) is 26.7 Å². The van der Waals surface area contributed by atoms with Crippen molar-refractivity contribution in [3.63, 3.8) is 0 Å². The quantitative estimate of drug-likeness (QED) is 0.226. The highest BCUT2D eigenvalue weighted by atomic mass is 16.4. The van der Waals surface area contributed by atoms with Crippen LogP contribution in [0.25, 0.3) is 0 Å². The summed E-state index contributed by atoms with van der Waals surface area (Å²) in [6, 6.07) is 0. The fraction of sp³-hybridized carbons (Fsp3) is 0.750. The highest BCUT2D eigenvalue weighted by Gasteiger charge is 2.25. The zero-order valence-corrected chi connectivity index (χ0v) is 8.51. The lowest BCUT2D eigenvalue weighted by Crippen LogP contribution is -2.18. The smallest absolute Gasteiger partial charge is 0.142 e. The largest absolute Gasteiger partial charge is 0.409 e. The van der Waals surface area contributed by atoms with Crippen LogP contribution in [0.3, 0.4) is 0 Å². The van der Waals surface area contributed by atoms with E-state index in [0.717, 1.165) is 12.8 Å². The van der Waals surface area contributed by atoms with Crippen molar-refractivity contribution < 1.29 is 10.4 Å². The minimum absolute atomic E-state index is 0.144. The standard InChI is InChI=1S/C4H8N2O.C4H10N2O/c5-4(6-7)3-1-2-3;1-3(2)4(5)6-7/h3,7H,1-2H2,(H2,5,6);3,7H,1-2H3,(H2,5,6). The Labute approximate surface area is 83.3 Å². The van der Waals surface area contributed by atoms with E-state index in [-0.39, 0.29) is 11.8 Å². The lowest BCUT2D eigenvalue weighted by Gasteiger charge is -1.96. The van der Waals surface area contributed by atoms with Gasteiger partial charge in [-0.15, -0.1) is 0 Å². The third-order valence-corrected chi connectivity index (χ3v) is 1.82. The Morgan fingerprint density at radius 2 is 1.71 bits per heavy atom. The third-order valence-electron chi connectivity index (χ3n) is 1.82. The van der Waals surface area contributed by atoms with Crippen LogP contribution in [-0.4, -0.2) is 22.1 Å². The van der Waals surface area contributed by atoms with Gasteiger partial charge in [0.1, 0.15) is 11.7 Å². The summed E-state index contributed by atoms with van der Waals surface area (Å²) < 4.78 is 0. The van der Waals surface area contributed by atoms with E-state index in [1.807, 2.05) is 13.8 Å². The van der Waals surface area contributed by atoms with Crippen LogP contribution in [0.15, 0.2) is 10.3 Å². The van der Waals surface area contributed by atoms with E-state index < -0.39 is 0 Å². The van der Waals surface area contributed by atoms with E-state index in [4.69, 9.17) is 21.9 Å². The van der Waals surface area contributed by atoms with Crippen LogP contribution in [-0.2, 0) is 0 Å². The summed E-state index contributed by atoms with van der Waals surface area (Å²) in [5, 5.41) is 21.6. The Morgan fingerprint density at radius 1 is 1.21 bits per heavy atom. The summed E-state index contributed by atoms with van der Waals surface area (Å²) in [4.78, 5) is 0. The van der Waals surface area contributed by atoms with Gasteiger partial charge in [0.2, 0.25) is 0 Å². The molecular formula is C8H18N4O2. The Hall–Kier alpha value is -1.46. The van der Waals surface area contributed by atoms with Crippen molar-refractivity contribution >= 4 is 11.7 Å². The molecule has 1 rings (SSSR count). The first kappa shape index (κ1) is 12.5. The van der Waals surface area contributed by atoms with E-state index in [0.29, 0.717) is 11.8 Å². The molecule has 0 spiro atoms. The fourth-order valence-corrected chi connectivity index (χ4v) is 0.576. The normalized spacial score (nSPS) is 17.6. The van der Waals surface area contributed by atoms with Gasteiger partial charge < -0.3 is 21.9 Å². The lowest BCUT2D eigenvalue weighted by molar-refractivity contribution is 0.315. The molecule has 1 fully saturated rings. The highest BCUT2D eigenvalue weighted by Crippen LogP contribution is 2.28. The van der Waals surface area contributed by atoms with E-state index in [1.54, 1.807) is 0 Å². The van der Waals surface area contributed by atoms with Gasteiger partial charge in [-0.3, -0.25) is 0 Å². The molecule has 0 heterocycles. The molecule has 0 aromatic heterocycles. The summed E-state index contributed by atoms with van der Waals surface area (Å²) in [5.41, 5.74) is 10.3. The van der Waals surface area contributed by atoms with Gasteiger partial charge in [-0.05, 0) is 12.8 Å². The SMILES string of the molecule is CC(C)C(N)=NO.NC(=NO)C1CC1. The van der Waals surface area contributed by atoms with E-state index in [2.05, 4.69) is 10.3 Å². The van der Waals surface area contributed by atoms with Gasteiger partial charge in [0.15, 0.2) is 0 Å².